The van der Waals surface area contributed by atoms with E-state index in [4.69, 9.17) is 0 Å². The van der Waals surface area contributed by atoms with Crippen LogP contribution in [0.15, 0.2) is 90.0 Å². The molecule has 3 aromatic carbocycles. The quantitative estimate of drug-likeness (QED) is 0.347. The molecule has 0 radical (unpaired) electrons. The number of anilines is 1. The smallest absolute Gasteiger partial charge is 0.269 e. The van der Waals surface area contributed by atoms with E-state index in [1.165, 1.54) is 24.3 Å². The zero-order chi connectivity index (χ0) is 23.8. The number of carbonyl (C=O) groups excluding carboxylic acids is 3. The summed E-state index contributed by atoms with van der Waals surface area (Å²) in [6, 6.07) is 22.5. The second-order valence-corrected chi connectivity index (χ2v) is 7.99. The van der Waals surface area contributed by atoms with Crippen LogP contribution in [0.5, 0.6) is 0 Å². The number of rotatable bonds is 6. The zero-order valence-electron chi connectivity index (χ0n) is 17.7. The van der Waals surface area contributed by atoms with Gasteiger partial charge in [-0.2, -0.15) is 5.10 Å². The van der Waals surface area contributed by atoms with Crippen molar-refractivity contribution in [2.45, 2.75) is 12.0 Å². The van der Waals surface area contributed by atoms with Gasteiger partial charge in [-0.3, -0.25) is 29.9 Å². The zero-order valence-corrected chi connectivity index (χ0v) is 17.7. The summed E-state index contributed by atoms with van der Waals surface area (Å²) >= 11 is 0. The third-order valence-electron chi connectivity index (χ3n) is 6.02. The number of hydrogen-bond donors (Lipinski definition) is 1. The summed E-state index contributed by atoms with van der Waals surface area (Å²) in [5.41, 5.74) is 4.18. The number of hydrazone groups is 1. The Morgan fingerprint density at radius 3 is 1.97 bits per heavy atom. The van der Waals surface area contributed by atoms with Gasteiger partial charge in [0, 0.05) is 12.1 Å². The number of amides is 2. The third-order valence-corrected chi connectivity index (χ3v) is 6.02. The number of nitrogens with one attached hydrogen (secondary N) is 1. The van der Waals surface area contributed by atoms with E-state index in [1.54, 1.807) is 0 Å². The molecule has 34 heavy (non-hydrogen) atoms. The predicted molar refractivity (Wildman–Crippen MR) is 123 cm³/mol. The number of fused-ring (bicyclic) bond motifs is 1. The van der Waals surface area contributed by atoms with Gasteiger partial charge in [0.25, 0.3) is 11.6 Å². The Bertz CT molecular complexity index is 1280. The normalized spacial score (nSPS) is 19.1. The van der Waals surface area contributed by atoms with Crippen LogP contribution in [0.1, 0.15) is 17.0 Å². The maximum Gasteiger partial charge on any atom is 0.269 e. The van der Waals surface area contributed by atoms with Crippen molar-refractivity contribution in [1.82, 2.24) is 5.43 Å². The van der Waals surface area contributed by atoms with E-state index in [1.807, 2.05) is 60.7 Å². The fraction of sp³-hybridized carbons (Fsp3) is 0.120. The number of hydrogen-bond acceptors (Lipinski definition) is 7. The van der Waals surface area contributed by atoms with E-state index in [0.717, 1.165) is 16.0 Å². The molecule has 0 bridgehead atoms. The summed E-state index contributed by atoms with van der Waals surface area (Å²) in [6.07, 6.45) is 0. The monoisotopic (exact) mass is 454 g/mol. The van der Waals surface area contributed by atoms with Gasteiger partial charge in [-0.05, 0) is 23.3 Å². The highest BCUT2D eigenvalue weighted by atomic mass is 16.6. The van der Waals surface area contributed by atoms with Crippen LogP contribution >= 0.6 is 0 Å². The van der Waals surface area contributed by atoms with E-state index in [9.17, 15) is 24.5 Å². The van der Waals surface area contributed by atoms with Gasteiger partial charge >= 0.3 is 0 Å². The Balaban J connectivity index is 1.48. The summed E-state index contributed by atoms with van der Waals surface area (Å²) in [5.74, 6) is -3.31. The van der Waals surface area contributed by atoms with E-state index in [-0.39, 0.29) is 22.9 Å². The molecule has 9 nitrogen and oxygen atoms in total. The number of Topliss-reactive ketones (excluding diaryl/α,β-unsaturated/α-hetero) is 1. The molecule has 0 spiro atoms. The minimum atomic E-state index is -1.08. The van der Waals surface area contributed by atoms with Gasteiger partial charge < -0.3 is 0 Å². The molecule has 2 amide bonds. The Labute approximate surface area is 193 Å². The summed E-state index contributed by atoms with van der Waals surface area (Å²) in [4.78, 5) is 51.4. The van der Waals surface area contributed by atoms with Crippen molar-refractivity contribution in [3.8, 4) is 0 Å². The molecule has 1 saturated heterocycles. The number of ketones is 1. The van der Waals surface area contributed by atoms with Crippen LogP contribution in [-0.4, -0.2) is 34.3 Å². The molecule has 1 N–H and O–H groups in total. The number of benzene rings is 3. The number of carbonyl (C=O) groups is 3. The van der Waals surface area contributed by atoms with E-state index >= 15 is 0 Å². The van der Waals surface area contributed by atoms with Crippen LogP contribution in [0.2, 0.25) is 0 Å². The van der Waals surface area contributed by atoms with Crippen molar-refractivity contribution in [1.29, 1.82) is 0 Å². The lowest BCUT2D eigenvalue weighted by Crippen LogP contribution is -2.36. The number of nitro benzene ring substituents is 1. The molecular weight excluding hydrogens is 436 g/mol. The number of imide groups is 1. The topological polar surface area (TPSA) is 122 Å². The van der Waals surface area contributed by atoms with Crippen molar-refractivity contribution in [2.75, 3.05) is 4.90 Å². The van der Waals surface area contributed by atoms with Crippen molar-refractivity contribution < 1.29 is 19.3 Å². The van der Waals surface area contributed by atoms with Crippen molar-refractivity contribution in [3.63, 3.8) is 0 Å². The Morgan fingerprint density at radius 2 is 1.44 bits per heavy atom. The summed E-state index contributed by atoms with van der Waals surface area (Å²) < 4.78 is 0. The summed E-state index contributed by atoms with van der Waals surface area (Å²) in [6.45, 7) is 0. The number of nitro groups is 1. The second-order valence-electron chi connectivity index (χ2n) is 7.99. The molecule has 3 aromatic rings. The largest absolute Gasteiger partial charge is 0.296 e. The van der Waals surface area contributed by atoms with Crippen molar-refractivity contribution >= 4 is 34.7 Å². The van der Waals surface area contributed by atoms with Crippen LogP contribution in [0.25, 0.3) is 0 Å². The van der Waals surface area contributed by atoms with E-state index in [0.29, 0.717) is 0 Å². The minimum absolute atomic E-state index is 0.00883. The first-order valence-electron chi connectivity index (χ1n) is 10.6. The molecule has 0 unspecified atom stereocenters. The number of non-ortho nitro benzene ring substituents is 1. The maximum atomic E-state index is 13.8. The fourth-order valence-corrected chi connectivity index (χ4v) is 4.41. The summed E-state index contributed by atoms with van der Waals surface area (Å²) in [7, 11) is 0. The third kappa shape index (κ3) is 3.43. The highest BCUT2D eigenvalue weighted by molar-refractivity contribution is 6.50. The first-order valence-corrected chi connectivity index (χ1v) is 10.6. The van der Waals surface area contributed by atoms with Crippen LogP contribution in [-0.2, 0) is 14.4 Å². The molecule has 0 aliphatic carbocycles. The SMILES string of the molecule is O=C(C1=NN[C@@H]2C(=O)N(c3ccc([N+](=O)[O-])cc3)C(=O)[C@H]12)C(c1ccccc1)c1ccccc1. The van der Waals surface area contributed by atoms with Gasteiger partial charge in [-0.15, -0.1) is 0 Å². The Kier molecular flexibility index (Phi) is 5.21. The molecule has 0 aromatic heterocycles. The average Bonchev–Trinajstić information content (AvgIpc) is 3.40. The molecule has 2 aliphatic rings. The van der Waals surface area contributed by atoms with Crippen LogP contribution < -0.4 is 10.3 Å². The molecule has 2 heterocycles. The van der Waals surface area contributed by atoms with Crippen molar-refractivity contribution in [2.24, 2.45) is 11.0 Å². The van der Waals surface area contributed by atoms with E-state index in [2.05, 4.69) is 10.5 Å². The molecule has 168 valence electrons. The van der Waals surface area contributed by atoms with Gasteiger partial charge in [0.05, 0.1) is 16.5 Å². The molecule has 9 heteroatoms. The molecular formula is C25H18N4O5. The lowest BCUT2D eigenvalue weighted by Gasteiger charge is -2.19. The van der Waals surface area contributed by atoms with Crippen LogP contribution in [0, 0.1) is 16.0 Å². The average molecular weight is 454 g/mol. The molecule has 2 atom stereocenters. The first kappa shape index (κ1) is 21.2. The highest BCUT2D eigenvalue weighted by Crippen LogP contribution is 2.35. The molecule has 2 aliphatic heterocycles. The minimum Gasteiger partial charge on any atom is -0.296 e. The Hall–Kier alpha value is -4.66. The van der Waals surface area contributed by atoms with Crippen LogP contribution in [0.3, 0.4) is 0 Å². The highest BCUT2D eigenvalue weighted by Gasteiger charge is 2.56. The first-order chi connectivity index (χ1) is 16.5. The second kappa shape index (κ2) is 8.36. The van der Waals surface area contributed by atoms with Gasteiger partial charge in [-0.25, -0.2) is 4.90 Å². The van der Waals surface area contributed by atoms with Gasteiger partial charge in [-0.1, -0.05) is 60.7 Å². The standard InChI is InChI=1S/C25H18N4O5/c30-23(19(15-7-3-1-4-8-15)16-9-5-2-6-10-16)21-20-22(27-26-21)25(32)28(24(20)31)17-11-13-18(14-12-17)29(33)34/h1-14,19-20,22,27H/t20-,22+/m1/s1. The number of nitrogens with zero attached hydrogens (tertiary/aromatic N) is 3. The van der Waals surface area contributed by atoms with Crippen LogP contribution in [0.4, 0.5) is 11.4 Å². The molecule has 5 rings (SSSR count). The maximum absolute atomic E-state index is 13.8. The van der Waals surface area contributed by atoms with Gasteiger partial charge in [0.1, 0.15) is 17.7 Å². The molecule has 1 fully saturated rings. The van der Waals surface area contributed by atoms with E-state index < -0.39 is 34.6 Å². The van der Waals surface area contributed by atoms with Crippen molar-refractivity contribution in [3.05, 3.63) is 106 Å². The lowest BCUT2D eigenvalue weighted by molar-refractivity contribution is -0.384. The lowest BCUT2D eigenvalue weighted by atomic mass is 9.82. The van der Waals surface area contributed by atoms with Gasteiger partial charge in [0.2, 0.25) is 5.91 Å². The fourth-order valence-electron chi connectivity index (χ4n) is 4.41. The van der Waals surface area contributed by atoms with Gasteiger partial charge in [0.15, 0.2) is 5.78 Å². The summed E-state index contributed by atoms with van der Waals surface area (Å²) in [5, 5.41) is 15.1. The Morgan fingerprint density at radius 1 is 0.882 bits per heavy atom. The predicted octanol–water partition coefficient (Wildman–Crippen LogP) is 2.81. The molecule has 0 saturated carbocycles.